The Kier molecular flexibility index (Phi) is 4.89. The third-order valence-corrected chi connectivity index (χ3v) is 6.11. The van der Waals surface area contributed by atoms with Crippen molar-refractivity contribution in [2.75, 3.05) is 41.7 Å². The monoisotopic (exact) mass is 393 g/mol. The van der Waals surface area contributed by atoms with Gasteiger partial charge in [-0.1, -0.05) is 30.3 Å². The summed E-state index contributed by atoms with van der Waals surface area (Å²) in [5.41, 5.74) is 3.47. The van der Waals surface area contributed by atoms with E-state index in [9.17, 15) is 0 Å². The van der Waals surface area contributed by atoms with Crippen molar-refractivity contribution in [3.05, 3.63) is 36.4 Å². The number of aromatic nitrogens is 3. The number of thiol groups is 1. The van der Waals surface area contributed by atoms with E-state index in [0.29, 0.717) is 0 Å². The van der Waals surface area contributed by atoms with E-state index < -0.39 is 0 Å². The van der Waals surface area contributed by atoms with Crippen LogP contribution in [0.25, 0.3) is 22.3 Å². The Hall–Kier alpha value is -2.21. The fourth-order valence-corrected chi connectivity index (χ4v) is 4.70. The fraction of sp³-hybridized carbons (Fsp3) is 0.455. The highest BCUT2D eigenvalue weighted by molar-refractivity contribution is 7.80. The maximum atomic E-state index is 5.08. The van der Waals surface area contributed by atoms with Crippen LogP contribution < -0.4 is 9.80 Å². The first-order valence-corrected chi connectivity index (χ1v) is 11.1. The summed E-state index contributed by atoms with van der Waals surface area (Å²) in [7, 11) is 0. The van der Waals surface area contributed by atoms with Gasteiger partial charge in [0.05, 0.1) is 11.1 Å². The van der Waals surface area contributed by atoms with Crippen LogP contribution in [-0.2, 0) is 6.54 Å². The Balaban J connectivity index is 1.73. The van der Waals surface area contributed by atoms with Gasteiger partial charge in [-0.2, -0.15) is 22.6 Å². The molecule has 0 radical (unpaired) electrons. The lowest BCUT2D eigenvalue weighted by Gasteiger charge is -2.21. The van der Waals surface area contributed by atoms with Crippen LogP contribution in [-0.4, -0.2) is 46.5 Å². The molecule has 4 heterocycles. The number of hydrogen-bond acceptors (Lipinski definition) is 5. The standard InChI is InChI=1S/C22H27N5S/c28-15-14-27-19(17-8-2-1-3-9-17)16-18-20(25-10-4-5-11-25)23-22(24-21(18)27)26-12-6-7-13-26/h1-3,8-9,16,28H,4-7,10-15H2. The minimum Gasteiger partial charge on any atom is -0.356 e. The van der Waals surface area contributed by atoms with E-state index in [1.165, 1.54) is 42.3 Å². The van der Waals surface area contributed by atoms with E-state index in [1.807, 2.05) is 0 Å². The summed E-state index contributed by atoms with van der Waals surface area (Å²) in [5, 5.41) is 1.17. The lowest BCUT2D eigenvalue weighted by molar-refractivity contribution is 0.799. The topological polar surface area (TPSA) is 37.2 Å². The number of rotatable bonds is 5. The Morgan fingerprint density at radius 3 is 2.21 bits per heavy atom. The van der Waals surface area contributed by atoms with Gasteiger partial charge in [-0.25, -0.2) is 0 Å². The highest BCUT2D eigenvalue weighted by Crippen LogP contribution is 2.35. The third kappa shape index (κ3) is 3.13. The summed E-state index contributed by atoms with van der Waals surface area (Å²) in [4.78, 5) is 14.9. The van der Waals surface area contributed by atoms with Crippen molar-refractivity contribution in [3.8, 4) is 11.3 Å². The normalized spacial score (nSPS) is 17.2. The van der Waals surface area contributed by atoms with Gasteiger partial charge in [0.15, 0.2) is 0 Å². The molecule has 0 saturated carbocycles. The zero-order valence-electron chi connectivity index (χ0n) is 16.2. The summed E-state index contributed by atoms with van der Waals surface area (Å²) < 4.78 is 2.33. The van der Waals surface area contributed by atoms with Crippen LogP contribution in [0, 0.1) is 0 Å². The molecule has 5 nitrogen and oxygen atoms in total. The molecule has 0 amide bonds. The smallest absolute Gasteiger partial charge is 0.229 e. The average molecular weight is 394 g/mol. The van der Waals surface area contributed by atoms with E-state index in [4.69, 9.17) is 9.97 Å². The van der Waals surface area contributed by atoms with Crippen LogP contribution in [0.1, 0.15) is 25.7 Å². The molecule has 1 aromatic carbocycles. The first-order valence-electron chi connectivity index (χ1n) is 10.4. The second-order valence-corrected chi connectivity index (χ2v) is 8.19. The summed E-state index contributed by atoms with van der Waals surface area (Å²) in [6.45, 7) is 5.13. The van der Waals surface area contributed by atoms with Gasteiger partial charge in [0.1, 0.15) is 11.5 Å². The SMILES string of the molecule is SCCn1c(-c2ccccc2)cc2c(N3CCCC3)nc(N3CCCC3)nc21. The molecule has 2 aliphatic heterocycles. The van der Waals surface area contributed by atoms with Gasteiger partial charge in [0.2, 0.25) is 5.95 Å². The molecule has 6 heteroatoms. The third-order valence-electron chi connectivity index (χ3n) is 5.91. The maximum absolute atomic E-state index is 5.08. The molecule has 0 spiro atoms. The van der Waals surface area contributed by atoms with Crippen molar-refractivity contribution in [1.29, 1.82) is 0 Å². The van der Waals surface area contributed by atoms with Crippen LogP contribution in [0.4, 0.5) is 11.8 Å². The van der Waals surface area contributed by atoms with Gasteiger partial charge in [-0.3, -0.25) is 0 Å². The van der Waals surface area contributed by atoms with E-state index in [2.05, 4.69) is 63.4 Å². The molecule has 0 bridgehead atoms. The van der Waals surface area contributed by atoms with Gasteiger partial charge in [-0.05, 0) is 37.3 Å². The second kappa shape index (κ2) is 7.66. The van der Waals surface area contributed by atoms with E-state index in [-0.39, 0.29) is 0 Å². The number of fused-ring (bicyclic) bond motifs is 1. The minimum atomic E-state index is 0.783. The van der Waals surface area contributed by atoms with Crippen LogP contribution in [0.15, 0.2) is 36.4 Å². The van der Waals surface area contributed by atoms with Crippen molar-refractivity contribution in [3.63, 3.8) is 0 Å². The zero-order valence-corrected chi connectivity index (χ0v) is 17.1. The van der Waals surface area contributed by atoms with Crippen LogP contribution in [0.3, 0.4) is 0 Å². The fourth-order valence-electron chi connectivity index (χ4n) is 4.50. The van der Waals surface area contributed by atoms with E-state index in [1.54, 1.807) is 0 Å². The number of anilines is 2. The van der Waals surface area contributed by atoms with Crippen LogP contribution >= 0.6 is 12.6 Å². The quantitative estimate of drug-likeness (QED) is 0.658. The Morgan fingerprint density at radius 2 is 1.54 bits per heavy atom. The molecule has 2 aromatic heterocycles. The lowest BCUT2D eigenvalue weighted by Crippen LogP contribution is -2.24. The Bertz CT molecular complexity index is 956. The van der Waals surface area contributed by atoms with Crippen molar-refractivity contribution < 1.29 is 0 Å². The second-order valence-electron chi connectivity index (χ2n) is 7.74. The van der Waals surface area contributed by atoms with Gasteiger partial charge in [0, 0.05) is 38.5 Å². The zero-order chi connectivity index (χ0) is 18.9. The molecule has 0 aliphatic carbocycles. The molecular weight excluding hydrogens is 366 g/mol. The number of benzene rings is 1. The lowest BCUT2D eigenvalue weighted by atomic mass is 10.1. The molecule has 3 aromatic rings. The van der Waals surface area contributed by atoms with Crippen molar-refractivity contribution in [1.82, 2.24) is 14.5 Å². The van der Waals surface area contributed by atoms with Crippen LogP contribution in [0.5, 0.6) is 0 Å². The number of hydrogen-bond donors (Lipinski definition) is 1. The van der Waals surface area contributed by atoms with Crippen molar-refractivity contribution in [2.45, 2.75) is 32.2 Å². The van der Waals surface area contributed by atoms with Crippen molar-refractivity contribution in [2.24, 2.45) is 0 Å². The molecule has 5 rings (SSSR count). The van der Waals surface area contributed by atoms with Crippen molar-refractivity contribution >= 4 is 35.4 Å². The van der Waals surface area contributed by atoms with Gasteiger partial charge >= 0.3 is 0 Å². The molecule has 0 N–H and O–H groups in total. The van der Waals surface area contributed by atoms with E-state index >= 15 is 0 Å². The molecule has 0 unspecified atom stereocenters. The Labute approximate surface area is 171 Å². The summed E-state index contributed by atoms with van der Waals surface area (Å²) in [6, 6.07) is 12.9. The molecular formula is C22H27N5S. The molecule has 28 heavy (non-hydrogen) atoms. The Morgan fingerprint density at radius 1 is 0.857 bits per heavy atom. The number of nitrogens with zero attached hydrogens (tertiary/aromatic N) is 5. The molecule has 146 valence electrons. The predicted molar refractivity (Wildman–Crippen MR) is 120 cm³/mol. The summed E-state index contributed by atoms with van der Waals surface area (Å²) in [6.07, 6.45) is 4.95. The molecule has 0 atom stereocenters. The predicted octanol–water partition coefficient (Wildman–Crippen LogP) is 4.23. The molecule has 2 saturated heterocycles. The first-order chi connectivity index (χ1) is 13.8. The van der Waals surface area contributed by atoms with Gasteiger partial charge in [0.25, 0.3) is 0 Å². The van der Waals surface area contributed by atoms with Gasteiger partial charge in [-0.15, -0.1) is 0 Å². The summed E-state index contributed by atoms with van der Waals surface area (Å²) >= 11 is 4.53. The summed E-state index contributed by atoms with van der Waals surface area (Å²) in [5.74, 6) is 2.79. The minimum absolute atomic E-state index is 0.783. The molecule has 2 fully saturated rings. The average Bonchev–Trinajstić information content (AvgIpc) is 3.49. The molecule has 2 aliphatic rings. The largest absolute Gasteiger partial charge is 0.356 e. The van der Waals surface area contributed by atoms with Gasteiger partial charge < -0.3 is 14.4 Å². The van der Waals surface area contributed by atoms with E-state index in [0.717, 1.165) is 55.9 Å². The number of aryl methyl sites for hydroxylation is 1. The highest BCUT2D eigenvalue weighted by atomic mass is 32.1. The highest BCUT2D eigenvalue weighted by Gasteiger charge is 2.25. The first kappa shape index (κ1) is 17.9. The maximum Gasteiger partial charge on any atom is 0.229 e. The van der Waals surface area contributed by atoms with Crippen LogP contribution in [0.2, 0.25) is 0 Å².